The average molecular weight is 303 g/mol. The predicted octanol–water partition coefficient (Wildman–Crippen LogP) is 2.44. The van der Waals surface area contributed by atoms with Gasteiger partial charge in [0, 0.05) is 12.1 Å². The van der Waals surface area contributed by atoms with Crippen LogP contribution < -0.4 is 10.1 Å². The molecule has 0 saturated carbocycles. The summed E-state index contributed by atoms with van der Waals surface area (Å²) in [4.78, 5) is 12.1. The van der Waals surface area contributed by atoms with Crippen LogP contribution in [0.2, 0.25) is 0 Å². The van der Waals surface area contributed by atoms with Crippen molar-refractivity contribution in [2.24, 2.45) is 0 Å². The summed E-state index contributed by atoms with van der Waals surface area (Å²) in [5.74, 6) is -0.437. The number of aryl methyl sites for hydroxylation is 1. The van der Waals surface area contributed by atoms with Gasteiger partial charge in [0.2, 0.25) is 0 Å². The molecule has 0 saturated heterocycles. The maximum absolute atomic E-state index is 13.7. The van der Waals surface area contributed by atoms with Crippen LogP contribution in [0, 0.1) is 12.7 Å². The Kier molecular flexibility index (Phi) is 5.49. The maximum atomic E-state index is 13.7. The fraction of sp³-hybridized carbons (Fsp3) is 0.235. The summed E-state index contributed by atoms with van der Waals surface area (Å²) in [5, 5.41) is 11.5. The minimum atomic E-state index is -0.548. The van der Waals surface area contributed by atoms with Crippen LogP contribution in [0.4, 0.5) is 4.39 Å². The molecule has 0 atom stereocenters. The van der Waals surface area contributed by atoms with E-state index >= 15 is 0 Å². The Morgan fingerprint density at radius 3 is 2.82 bits per heavy atom. The Morgan fingerprint density at radius 1 is 1.27 bits per heavy atom. The molecule has 5 heteroatoms. The number of hydrogen-bond donors (Lipinski definition) is 2. The minimum Gasteiger partial charge on any atom is -0.491 e. The number of para-hydroxylation sites is 1. The van der Waals surface area contributed by atoms with E-state index in [0.29, 0.717) is 5.75 Å². The molecular weight excluding hydrogens is 285 g/mol. The molecule has 4 nitrogen and oxygen atoms in total. The second kappa shape index (κ2) is 7.56. The Balaban J connectivity index is 2.06. The number of benzene rings is 2. The van der Waals surface area contributed by atoms with Crippen molar-refractivity contribution in [2.45, 2.75) is 13.5 Å². The van der Waals surface area contributed by atoms with Crippen molar-refractivity contribution in [3.05, 3.63) is 65.0 Å². The van der Waals surface area contributed by atoms with Crippen LogP contribution in [0.1, 0.15) is 21.5 Å². The number of halogens is 1. The molecule has 0 aliphatic carbocycles. The van der Waals surface area contributed by atoms with Gasteiger partial charge in [-0.05, 0) is 25.1 Å². The van der Waals surface area contributed by atoms with Crippen molar-refractivity contribution in [3.63, 3.8) is 0 Å². The molecule has 0 spiro atoms. The van der Waals surface area contributed by atoms with E-state index in [0.717, 1.165) is 11.1 Å². The van der Waals surface area contributed by atoms with Crippen molar-refractivity contribution in [1.82, 2.24) is 5.32 Å². The number of rotatable bonds is 6. The lowest BCUT2D eigenvalue weighted by Crippen LogP contribution is -2.24. The molecule has 2 N–H and O–H groups in total. The molecule has 22 heavy (non-hydrogen) atoms. The number of amides is 1. The zero-order valence-corrected chi connectivity index (χ0v) is 12.3. The lowest BCUT2D eigenvalue weighted by Gasteiger charge is -2.12. The molecule has 0 aliphatic rings. The van der Waals surface area contributed by atoms with Crippen LogP contribution in [0.3, 0.4) is 0 Å². The first-order valence-corrected chi connectivity index (χ1v) is 6.97. The van der Waals surface area contributed by atoms with Gasteiger partial charge < -0.3 is 15.2 Å². The maximum Gasteiger partial charge on any atom is 0.254 e. The van der Waals surface area contributed by atoms with Crippen molar-refractivity contribution in [2.75, 3.05) is 13.2 Å². The van der Waals surface area contributed by atoms with Gasteiger partial charge >= 0.3 is 0 Å². The van der Waals surface area contributed by atoms with Gasteiger partial charge in [0.1, 0.15) is 18.2 Å². The molecule has 0 heterocycles. The molecule has 0 unspecified atom stereocenters. The first-order chi connectivity index (χ1) is 10.6. The molecular formula is C17H18FNO3. The highest BCUT2D eigenvalue weighted by molar-refractivity contribution is 5.94. The predicted molar refractivity (Wildman–Crippen MR) is 81.3 cm³/mol. The van der Waals surface area contributed by atoms with Crippen LogP contribution in [0.25, 0.3) is 0 Å². The standard InChI is InChI=1S/C17H18FNO3/c1-12-6-7-15(18)14(10-12)17(21)19-11-13-4-2-3-5-16(13)22-9-8-20/h2-7,10,20H,8-9,11H2,1H3,(H,19,21). The average Bonchev–Trinajstić information content (AvgIpc) is 2.53. The summed E-state index contributed by atoms with van der Waals surface area (Å²) in [6.07, 6.45) is 0. The van der Waals surface area contributed by atoms with Gasteiger partial charge in [0.25, 0.3) is 5.91 Å². The van der Waals surface area contributed by atoms with Crippen LogP contribution in [-0.4, -0.2) is 24.2 Å². The second-order valence-corrected chi connectivity index (χ2v) is 4.85. The topological polar surface area (TPSA) is 58.6 Å². The van der Waals surface area contributed by atoms with Gasteiger partial charge in [0.15, 0.2) is 0 Å². The third kappa shape index (κ3) is 4.05. The highest BCUT2D eigenvalue weighted by Gasteiger charge is 2.12. The molecule has 2 aromatic carbocycles. The molecule has 0 aliphatic heterocycles. The molecule has 2 aromatic rings. The molecule has 116 valence electrons. The van der Waals surface area contributed by atoms with E-state index in [9.17, 15) is 9.18 Å². The second-order valence-electron chi connectivity index (χ2n) is 4.85. The van der Waals surface area contributed by atoms with Crippen molar-refractivity contribution in [3.8, 4) is 5.75 Å². The summed E-state index contributed by atoms with van der Waals surface area (Å²) in [7, 11) is 0. The minimum absolute atomic E-state index is 0.0220. The third-order valence-electron chi connectivity index (χ3n) is 3.13. The van der Waals surface area contributed by atoms with Gasteiger partial charge in [-0.15, -0.1) is 0 Å². The van der Waals surface area contributed by atoms with E-state index in [-0.39, 0.29) is 25.3 Å². The summed E-state index contributed by atoms with van der Waals surface area (Å²) >= 11 is 0. The van der Waals surface area contributed by atoms with Crippen LogP contribution in [0.15, 0.2) is 42.5 Å². The van der Waals surface area contributed by atoms with E-state index in [1.807, 2.05) is 6.07 Å². The number of carbonyl (C=O) groups is 1. The van der Waals surface area contributed by atoms with Gasteiger partial charge in [-0.2, -0.15) is 0 Å². The summed E-state index contributed by atoms with van der Waals surface area (Å²) in [5.41, 5.74) is 1.60. The Bertz CT molecular complexity index is 658. The molecule has 0 bridgehead atoms. The monoisotopic (exact) mass is 303 g/mol. The number of aliphatic hydroxyl groups is 1. The van der Waals surface area contributed by atoms with Crippen molar-refractivity contribution >= 4 is 5.91 Å². The smallest absolute Gasteiger partial charge is 0.254 e. The summed E-state index contributed by atoms with van der Waals surface area (Å²) < 4.78 is 19.1. The van der Waals surface area contributed by atoms with Gasteiger partial charge in [0.05, 0.1) is 12.2 Å². The largest absolute Gasteiger partial charge is 0.491 e. The summed E-state index contributed by atoms with van der Waals surface area (Å²) in [6.45, 7) is 2.11. The number of nitrogens with one attached hydrogen (secondary N) is 1. The van der Waals surface area contributed by atoms with Crippen molar-refractivity contribution in [1.29, 1.82) is 0 Å². The quantitative estimate of drug-likeness (QED) is 0.861. The van der Waals surface area contributed by atoms with E-state index < -0.39 is 11.7 Å². The van der Waals surface area contributed by atoms with E-state index in [1.54, 1.807) is 31.2 Å². The SMILES string of the molecule is Cc1ccc(F)c(C(=O)NCc2ccccc2OCCO)c1. The highest BCUT2D eigenvalue weighted by atomic mass is 19.1. The zero-order valence-electron chi connectivity index (χ0n) is 12.3. The lowest BCUT2D eigenvalue weighted by molar-refractivity contribution is 0.0946. The van der Waals surface area contributed by atoms with Crippen LogP contribution >= 0.6 is 0 Å². The summed E-state index contributed by atoms with van der Waals surface area (Å²) in [6, 6.07) is 11.6. The normalized spacial score (nSPS) is 10.3. The highest BCUT2D eigenvalue weighted by Crippen LogP contribution is 2.18. The van der Waals surface area contributed by atoms with Gasteiger partial charge in [-0.3, -0.25) is 4.79 Å². The van der Waals surface area contributed by atoms with Gasteiger partial charge in [-0.1, -0.05) is 29.8 Å². The molecule has 0 fully saturated rings. The van der Waals surface area contributed by atoms with Gasteiger partial charge in [-0.25, -0.2) is 4.39 Å². The lowest BCUT2D eigenvalue weighted by atomic mass is 10.1. The zero-order chi connectivity index (χ0) is 15.9. The van der Waals surface area contributed by atoms with Crippen LogP contribution in [0.5, 0.6) is 5.75 Å². The third-order valence-corrected chi connectivity index (χ3v) is 3.13. The fourth-order valence-electron chi connectivity index (χ4n) is 2.03. The van der Waals surface area contributed by atoms with Crippen molar-refractivity contribution < 1.29 is 19.0 Å². The number of hydrogen-bond acceptors (Lipinski definition) is 3. The Labute approximate surface area is 128 Å². The number of ether oxygens (including phenoxy) is 1. The Morgan fingerprint density at radius 2 is 2.05 bits per heavy atom. The number of carbonyl (C=O) groups excluding carboxylic acids is 1. The van der Waals surface area contributed by atoms with E-state index in [4.69, 9.17) is 9.84 Å². The first-order valence-electron chi connectivity index (χ1n) is 6.97. The molecule has 1 amide bonds. The number of aliphatic hydroxyl groups excluding tert-OH is 1. The van der Waals surface area contributed by atoms with Crippen LogP contribution in [-0.2, 0) is 6.54 Å². The van der Waals surface area contributed by atoms with E-state index in [2.05, 4.69) is 5.32 Å². The fourth-order valence-corrected chi connectivity index (χ4v) is 2.03. The van der Waals surface area contributed by atoms with E-state index in [1.165, 1.54) is 12.1 Å². The molecule has 0 aromatic heterocycles. The Hall–Kier alpha value is -2.40. The molecule has 0 radical (unpaired) electrons. The molecule has 2 rings (SSSR count). The first kappa shape index (κ1) is 16.0.